The van der Waals surface area contributed by atoms with Crippen molar-refractivity contribution in [2.75, 3.05) is 5.75 Å². The summed E-state index contributed by atoms with van der Waals surface area (Å²) in [6, 6.07) is 15.2. The van der Waals surface area contributed by atoms with Crippen LogP contribution in [0.5, 0.6) is 0 Å². The third kappa shape index (κ3) is 3.37. The van der Waals surface area contributed by atoms with Crippen LogP contribution < -0.4 is 5.56 Å². The van der Waals surface area contributed by atoms with E-state index in [9.17, 15) is 9.90 Å². The van der Waals surface area contributed by atoms with Crippen LogP contribution in [0.1, 0.15) is 24.2 Å². The average Bonchev–Trinajstić information content (AvgIpc) is 2.60. The molecule has 0 radical (unpaired) electrons. The number of rotatable bonds is 5. The van der Waals surface area contributed by atoms with E-state index in [-0.39, 0.29) is 5.56 Å². The van der Waals surface area contributed by atoms with E-state index in [0.29, 0.717) is 28.4 Å². The Hall–Kier alpha value is -2.11. The van der Waals surface area contributed by atoms with E-state index in [1.807, 2.05) is 56.3 Å². The lowest BCUT2D eigenvalue weighted by Crippen LogP contribution is -2.22. The number of hydrogen-bond acceptors (Lipinski definition) is 4. The maximum atomic E-state index is 12.6. The molecular formula is C19H20N2O2S. The summed E-state index contributed by atoms with van der Waals surface area (Å²) in [5.74, 6) is 0.452. The molecule has 1 heterocycles. The smallest absolute Gasteiger partial charge is 0.262 e. The zero-order valence-corrected chi connectivity index (χ0v) is 14.6. The highest BCUT2D eigenvalue weighted by Gasteiger charge is 2.13. The lowest BCUT2D eigenvalue weighted by molar-refractivity contribution is 0.204. The van der Waals surface area contributed by atoms with Gasteiger partial charge < -0.3 is 5.11 Å². The molecule has 124 valence electrons. The number of hydrogen-bond donors (Lipinski definition) is 1. The van der Waals surface area contributed by atoms with Crippen molar-refractivity contribution in [3.05, 3.63) is 70.0 Å². The second-order valence-electron chi connectivity index (χ2n) is 5.70. The lowest BCUT2D eigenvalue weighted by Gasteiger charge is -2.14. The minimum Gasteiger partial charge on any atom is -0.388 e. The van der Waals surface area contributed by atoms with Crippen LogP contribution in [0.2, 0.25) is 0 Å². The van der Waals surface area contributed by atoms with Gasteiger partial charge in [0.15, 0.2) is 5.16 Å². The molecule has 0 bridgehead atoms. The summed E-state index contributed by atoms with van der Waals surface area (Å²) >= 11 is 1.41. The van der Waals surface area contributed by atoms with Crippen molar-refractivity contribution in [1.29, 1.82) is 0 Å². The zero-order chi connectivity index (χ0) is 17.1. The molecule has 1 unspecified atom stereocenters. The predicted octanol–water partition coefficient (Wildman–Crippen LogP) is 3.55. The normalized spacial score (nSPS) is 12.5. The molecule has 0 saturated heterocycles. The molecule has 1 N–H and O–H groups in total. The minimum absolute atomic E-state index is 0.0320. The number of thioether (sulfide) groups is 1. The number of para-hydroxylation sites is 1. The quantitative estimate of drug-likeness (QED) is 0.570. The molecule has 5 heteroatoms. The molecule has 0 fully saturated rings. The maximum absolute atomic E-state index is 12.6. The fraction of sp³-hybridized carbons (Fsp3) is 0.263. The Morgan fingerprint density at radius 1 is 1.17 bits per heavy atom. The SMILES string of the molecule is CCn1c(SCC(O)c2ccc(C)cc2)nc2ccccc2c1=O. The fourth-order valence-electron chi connectivity index (χ4n) is 2.58. The second-order valence-corrected chi connectivity index (χ2v) is 6.69. The molecule has 24 heavy (non-hydrogen) atoms. The van der Waals surface area contributed by atoms with Crippen molar-refractivity contribution < 1.29 is 5.11 Å². The molecule has 0 aliphatic heterocycles. The summed E-state index contributed by atoms with van der Waals surface area (Å²) in [5, 5.41) is 11.7. The topological polar surface area (TPSA) is 55.1 Å². The molecule has 4 nitrogen and oxygen atoms in total. The van der Waals surface area contributed by atoms with Gasteiger partial charge in [-0.15, -0.1) is 0 Å². The molecule has 3 rings (SSSR count). The van der Waals surface area contributed by atoms with E-state index in [1.54, 1.807) is 10.6 Å². The van der Waals surface area contributed by atoms with Gasteiger partial charge in [-0.25, -0.2) is 4.98 Å². The summed E-state index contributed by atoms with van der Waals surface area (Å²) in [5.41, 5.74) is 2.70. The average molecular weight is 340 g/mol. The van der Waals surface area contributed by atoms with Gasteiger partial charge in [0.25, 0.3) is 5.56 Å². The van der Waals surface area contributed by atoms with Crippen molar-refractivity contribution in [2.24, 2.45) is 0 Å². The van der Waals surface area contributed by atoms with Crippen LogP contribution in [0.25, 0.3) is 10.9 Å². The molecule has 1 aromatic heterocycles. The molecule has 0 aliphatic carbocycles. The Bertz CT molecular complexity index is 903. The first-order valence-electron chi connectivity index (χ1n) is 7.97. The van der Waals surface area contributed by atoms with Gasteiger partial charge in [0, 0.05) is 12.3 Å². The summed E-state index contributed by atoms with van der Waals surface area (Å²) in [6.07, 6.45) is -0.593. The van der Waals surface area contributed by atoms with Crippen LogP contribution in [-0.2, 0) is 6.54 Å². The van der Waals surface area contributed by atoms with Crippen molar-refractivity contribution in [1.82, 2.24) is 9.55 Å². The van der Waals surface area contributed by atoms with E-state index in [0.717, 1.165) is 11.1 Å². The molecule has 0 amide bonds. The van der Waals surface area contributed by atoms with Gasteiger partial charge in [-0.2, -0.15) is 0 Å². The first-order valence-corrected chi connectivity index (χ1v) is 8.95. The van der Waals surface area contributed by atoms with Gasteiger partial charge in [0.2, 0.25) is 0 Å². The third-order valence-electron chi connectivity index (χ3n) is 3.98. The Morgan fingerprint density at radius 2 is 1.88 bits per heavy atom. The maximum Gasteiger partial charge on any atom is 0.262 e. The number of aliphatic hydroxyl groups excluding tert-OH is 1. The molecule has 0 spiro atoms. The summed E-state index contributed by atoms with van der Waals surface area (Å²) < 4.78 is 1.66. The number of fused-ring (bicyclic) bond motifs is 1. The van der Waals surface area contributed by atoms with Crippen molar-refractivity contribution in [3.63, 3.8) is 0 Å². The van der Waals surface area contributed by atoms with Gasteiger partial charge in [0.05, 0.1) is 17.0 Å². The lowest BCUT2D eigenvalue weighted by atomic mass is 10.1. The van der Waals surface area contributed by atoms with E-state index >= 15 is 0 Å². The Labute approximate surface area is 145 Å². The fourth-order valence-corrected chi connectivity index (χ4v) is 3.61. The summed E-state index contributed by atoms with van der Waals surface area (Å²) in [7, 11) is 0. The van der Waals surface area contributed by atoms with E-state index in [2.05, 4.69) is 4.98 Å². The standard InChI is InChI=1S/C19H20N2O2S/c1-3-21-18(23)15-6-4-5-7-16(15)20-19(21)24-12-17(22)14-10-8-13(2)9-11-14/h4-11,17,22H,3,12H2,1-2H3. The number of aliphatic hydroxyl groups is 1. The van der Waals surface area contributed by atoms with Crippen LogP contribution in [0.15, 0.2) is 58.5 Å². The van der Waals surface area contributed by atoms with Gasteiger partial charge in [-0.3, -0.25) is 9.36 Å². The minimum atomic E-state index is -0.593. The van der Waals surface area contributed by atoms with Crippen LogP contribution in [0, 0.1) is 6.92 Å². The highest BCUT2D eigenvalue weighted by Crippen LogP contribution is 2.24. The Kier molecular flexibility index (Phi) is 5.02. The van der Waals surface area contributed by atoms with Crippen LogP contribution in [0.3, 0.4) is 0 Å². The van der Waals surface area contributed by atoms with Crippen LogP contribution in [0.4, 0.5) is 0 Å². The highest BCUT2D eigenvalue weighted by atomic mass is 32.2. The monoisotopic (exact) mass is 340 g/mol. The number of aromatic nitrogens is 2. The molecular weight excluding hydrogens is 320 g/mol. The summed E-state index contributed by atoms with van der Waals surface area (Å²) in [6.45, 7) is 4.50. The zero-order valence-electron chi connectivity index (χ0n) is 13.8. The van der Waals surface area contributed by atoms with Crippen molar-refractivity contribution in [2.45, 2.75) is 31.7 Å². The predicted molar refractivity (Wildman–Crippen MR) is 98.5 cm³/mol. The number of nitrogens with zero attached hydrogens (tertiary/aromatic N) is 2. The largest absolute Gasteiger partial charge is 0.388 e. The second kappa shape index (κ2) is 7.20. The molecule has 0 aliphatic rings. The highest BCUT2D eigenvalue weighted by molar-refractivity contribution is 7.99. The number of aryl methyl sites for hydroxylation is 1. The Balaban J connectivity index is 1.86. The van der Waals surface area contributed by atoms with Crippen molar-refractivity contribution >= 4 is 22.7 Å². The third-order valence-corrected chi connectivity index (χ3v) is 5.03. The van der Waals surface area contributed by atoms with Gasteiger partial charge in [-0.05, 0) is 31.5 Å². The van der Waals surface area contributed by atoms with E-state index in [1.165, 1.54) is 11.8 Å². The Morgan fingerprint density at radius 3 is 2.58 bits per heavy atom. The van der Waals surface area contributed by atoms with E-state index < -0.39 is 6.10 Å². The van der Waals surface area contributed by atoms with Crippen LogP contribution in [-0.4, -0.2) is 20.4 Å². The van der Waals surface area contributed by atoms with Crippen LogP contribution >= 0.6 is 11.8 Å². The molecule has 0 saturated carbocycles. The first-order chi connectivity index (χ1) is 11.6. The molecule has 2 aromatic carbocycles. The molecule has 3 aromatic rings. The van der Waals surface area contributed by atoms with Gasteiger partial charge >= 0.3 is 0 Å². The molecule has 1 atom stereocenters. The van der Waals surface area contributed by atoms with Gasteiger partial charge in [-0.1, -0.05) is 53.7 Å². The first kappa shape index (κ1) is 16.7. The van der Waals surface area contributed by atoms with Gasteiger partial charge in [0.1, 0.15) is 0 Å². The van der Waals surface area contributed by atoms with Crippen molar-refractivity contribution in [3.8, 4) is 0 Å². The number of benzene rings is 2. The van der Waals surface area contributed by atoms with E-state index in [4.69, 9.17) is 0 Å². The summed E-state index contributed by atoms with van der Waals surface area (Å²) in [4.78, 5) is 17.2.